The van der Waals surface area contributed by atoms with Crippen molar-refractivity contribution in [1.82, 2.24) is 5.32 Å². The normalized spacial score (nSPS) is 9.62. The largest absolute Gasteiger partial charge is 0.475 e. The Balaban J connectivity index is 2.59. The Kier molecular flexibility index (Phi) is 2.69. The van der Waals surface area contributed by atoms with E-state index < -0.39 is 5.97 Å². The molecule has 1 rings (SSSR count). The second-order valence-electron chi connectivity index (χ2n) is 2.48. The van der Waals surface area contributed by atoms with Gasteiger partial charge in [0.05, 0.1) is 6.54 Å². The fourth-order valence-electron chi connectivity index (χ4n) is 0.799. The summed E-state index contributed by atoms with van der Waals surface area (Å²) in [5.41, 5.74) is 0. The van der Waals surface area contributed by atoms with Crippen LogP contribution in [0.2, 0.25) is 0 Å². The zero-order valence-electron chi connectivity index (χ0n) is 7.03. The molecule has 1 amide bonds. The van der Waals surface area contributed by atoms with E-state index >= 15 is 0 Å². The van der Waals surface area contributed by atoms with Crippen molar-refractivity contribution in [3.63, 3.8) is 0 Å². The molecule has 0 fully saturated rings. The molecule has 0 spiro atoms. The van der Waals surface area contributed by atoms with Crippen molar-refractivity contribution >= 4 is 11.9 Å². The summed E-state index contributed by atoms with van der Waals surface area (Å²) in [6.45, 7) is 1.59. The van der Waals surface area contributed by atoms with Gasteiger partial charge in [0.15, 0.2) is 0 Å². The highest BCUT2D eigenvalue weighted by molar-refractivity contribution is 5.84. The van der Waals surface area contributed by atoms with Crippen LogP contribution in [0.5, 0.6) is 0 Å². The highest BCUT2D eigenvalue weighted by atomic mass is 16.4. The number of furan rings is 1. The smallest absolute Gasteiger partial charge is 0.371 e. The van der Waals surface area contributed by atoms with Gasteiger partial charge in [-0.05, 0) is 12.1 Å². The quantitative estimate of drug-likeness (QED) is 0.719. The van der Waals surface area contributed by atoms with Crippen LogP contribution in [0, 0.1) is 0 Å². The summed E-state index contributed by atoms with van der Waals surface area (Å²) >= 11 is 0. The van der Waals surface area contributed by atoms with Crippen LogP contribution in [0.25, 0.3) is 0 Å². The van der Waals surface area contributed by atoms with Crippen molar-refractivity contribution in [2.75, 3.05) is 0 Å². The maximum Gasteiger partial charge on any atom is 0.371 e. The van der Waals surface area contributed by atoms with Gasteiger partial charge in [0.1, 0.15) is 5.76 Å². The van der Waals surface area contributed by atoms with Crippen LogP contribution < -0.4 is 5.32 Å². The summed E-state index contributed by atoms with van der Waals surface area (Å²) < 4.78 is 4.88. The van der Waals surface area contributed by atoms with Crippen LogP contribution in [0.1, 0.15) is 23.2 Å². The lowest BCUT2D eigenvalue weighted by Crippen LogP contribution is -2.18. The molecule has 0 aliphatic heterocycles. The Morgan fingerprint density at radius 3 is 2.69 bits per heavy atom. The molecule has 0 aliphatic rings. The van der Waals surface area contributed by atoms with Gasteiger partial charge in [-0.1, -0.05) is 0 Å². The van der Waals surface area contributed by atoms with Crippen molar-refractivity contribution in [3.05, 3.63) is 23.7 Å². The lowest BCUT2D eigenvalue weighted by Gasteiger charge is -1.96. The SMILES string of the molecule is CC(=O)NCc1ccc(C(=O)O)o1. The van der Waals surface area contributed by atoms with Crippen LogP contribution in [0.15, 0.2) is 16.5 Å². The van der Waals surface area contributed by atoms with Gasteiger partial charge < -0.3 is 14.8 Å². The highest BCUT2D eigenvalue weighted by Gasteiger charge is 2.08. The van der Waals surface area contributed by atoms with Crippen molar-refractivity contribution in [2.45, 2.75) is 13.5 Å². The summed E-state index contributed by atoms with van der Waals surface area (Å²) in [6, 6.07) is 2.86. The van der Waals surface area contributed by atoms with Crippen molar-refractivity contribution in [1.29, 1.82) is 0 Å². The van der Waals surface area contributed by atoms with Gasteiger partial charge >= 0.3 is 5.97 Å². The molecule has 5 nitrogen and oxygen atoms in total. The highest BCUT2D eigenvalue weighted by Crippen LogP contribution is 2.06. The molecule has 2 N–H and O–H groups in total. The molecule has 70 valence electrons. The van der Waals surface area contributed by atoms with Crippen LogP contribution in [-0.4, -0.2) is 17.0 Å². The second kappa shape index (κ2) is 3.75. The van der Waals surface area contributed by atoms with E-state index in [9.17, 15) is 9.59 Å². The van der Waals surface area contributed by atoms with Crippen LogP contribution in [-0.2, 0) is 11.3 Å². The third-order valence-electron chi connectivity index (χ3n) is 1.38. The molecular weight excluding hydrogens is 174 g/mol. The number of rotatable bonds is 3. The fourth-order valence-corrected chi connectivity index (χ4v) is 0.799. The molecule has 0 unspecified atom stereocenters. The fraction of sp³-hybridized carbons (Fsp3) is 0.250. The summed E-state index contributed by atoms with van der Waals surface area (Å²) in [5.74, 6) is -1.00. The first-order chi connectivity index (χ1) is 6.09. The van der Waals surface area contributed by atoms with E-state index in [0.717, 1.165) is 0 Å². The Morgan fingerprint density at radius 1 is 1.54 bits per heavy atom. The zero-order chi connectivity index (χ0) is 9.84. The molecule has 0 saturated carbocycles. The lowest BCUT2D eigenvalue weighted by atomic mass is 10.4. The number of carbonyl (C=O) groups excluding carboxylic acids is 1. The lowest BCUT2D eigenvalue weighted by molar-refractivity contribution is -0.119. The van der Waals surface area contributed by atoms with E-state index in [-0.39, 0.29) is 18.2 Å². The summed E-state index contributed by atoms with van der Waals surface area (Å²) in [5, 5.41) is 11.0. The molecule has 0 aliphatic carbocycles. The molecule has 0 atom stereocenters. The van der Waals surface area contributed by atoms with Crippen molar-refractivity contribution in [2.24, 2.45) is 0 Å². The van der Waals surface area contributed by atoms with Gasteiger partial charge in [-0.3, -0.25) is 4.79 Å². The third kappa shape index (κ3) is 2.62. The molecule has 0 radical (unpaired) electrons. The van der Waals surface area contributed by atoms with Gasteiger partial charge in [0.25, 0.3) is 0 Å². The Bertz CT molecular complexity index is 329. The standard InChI is InChI=1S/C8H9NO4/c1-5(10)9-4-6-2-3-7(13-6)8(11)12/h2-3H,4H2,1H3,(H,9,10)(H,11,12). The molecule has 1 aromatic rings. The third-order valence-corrected chi connectivity index (χ3v) is 1.38. The van der Waals surface area contributed by atoms with Crippen molar-refractivity contribution in [3.8, 4) is 0 Å². The van der Waals surface area contributed by atoms with E-state index in [4.69, 9.17) is 9.52 Å². The van der Waals surface area contributed by atoms with Gasteiger partial charge in [0.2, 0.25) is 11.7 Å². The number of hydrogen-bond acceptors (Lipinski definition) is 3. The number of hydrogen-bond donors (Lipinski definition) is 2. The van der Waals surface area contributed by atoms with E-state index in [1.807, 2.05) is 0 Å². The number of carbonyl (C=O) groups is 2. The minimum absolute atomic E-state index is 0.125. The van der Waals surface area contributed by atoms with Crippen molar-refractivity contribution < 1.29 is 19.1 Å². The van der Waals surface area contributed by atoms with Crippen LogP contribution in [0.3, 0.4) is 0 Å². The number of carboxylic acids is 1. The average Bonchev–Trinajstić information content (AvgIpc) is 2.48. The first-order valence-corrected chi connectivity index (χ1v) is 3.66. The molecule has 13 heavy (non-hydrogen) atoms. The predicted molar refractivity (Wildman–Crippen MR) is 43.2 cm³/mol. The van der Waals surface area contributed by atoms with E-state index in [1.165, 1.54) is 19.1 Å². The van der Waals surface area contributed by atoms with Gasteiger partial charge in [-0.25, -0.2) is 4.79 Å². The molecule has 5 heteroatoms. The zero-order valence-corrected chi connectivity index (χ0v) is 7.03. The Labute approximate surface area is 74.4 Å². The molecular formula is C8H9NO4. The van der Waals surface area contributed by atoms with Crippen LogP contribution >= 0.6 is 0 Å². The Morgan fingerprint density at radius 2 is 2.23 bits per heavy atom. The molecule has 1 heterocycles. The van der Waals surface area contributed by atoms with Gasteiger partial charge in [-0.2, -0.15) is 0 Å². The molecule has 0 aromatic carbocycles. The first-order valence-electron chi connectivity index (χ1n) is 3.66. The predicted octanol–water partition coefficient (Wildman–Crippen LogP) is 0.614. The maximum absolute atomic E-state index is 10.5. The number of aromatic carboxylic acids is 1. The minimum Gasteiger partial charge on any atom is -0.475 e. The second-order valence-corrected chi connectivity index (χ2v) is 2.48. The number of amides is 1. The number of carboxylic acid groups (broad SMARTS) is 1. The Hall–Kier alpha value is -1.78. The maximum atomic E-state index is 10.5. The number of nitrogens with one attached hydrogen (secondary N) is 1. The summed E-state index contributed by atoms with van der Waals surface area (Å²) in [7, 11) is 0. The minimum atomic E-state index is -1.12. The monoisotopic (exact) mass is 183 g/mol. The first kappa shape index (κ1) is 9.31. The molecule has 1 aromatic heterocycles. The topological polar surface area (TPSA) is 79.5 Å². The summed E-state index contributed by atoms with van der Waals surface area (Å²) in [4.78, 5) is 20.9. The van der Waals surface area contributed by atoms with Gasteiger partial charge in [-0.15, -0.1) is 0 Å². The van der Waals surface area contributed by atoms with Crippen LogP contribution in [0.4, 0.5) is 0 Å². The van der Waals surface area contributed by atoms with E-state index in [1.54, 1.807) is 0 Å². The summed E-state index contributed by atoms with van der Waals surface area (Å²) in [6.07, 6.45) is 0. The average molecular weight is 183 g/mol. The van der Waals surface area contributed by atoms with E-state index in [2.05, 4.69) is 5.32 Å². The molecule has 0 saturated heterocycles. The van der Waals surface area contributed by atoms with E-state index in [0.29, 0.717) is 5.76 Å². The van der Waals surface area contributed by atoms with Gasteiger partial charge in [0, 0.05) is 6.92 Å². The molecule has 0 bridgehead atoms.